The molecule has 1 atom stereocenters. The third-order valence-electron chi connectivity index (χ3n) is 4.99. The number of aliphatic hydroxyl groups excluding tert-OH is 1. The van der Waals surface area contributed by atoms with Crippen LogP contribution < -0.4 is 4.90 Å². The van der Waals surface area contributed by atoms with E-state index in [4.69, 9.17) is 0 Å². The fourth-order valence-electron chi connectivity index (χ4n) is 3.85. The minimum atomic E-state index is -0.758. The Morgan fingerprint density at radius 2 is 1.82 bits per heavy atom. The molecule has 1 aliphatic heterocycles. The molecule has 1 N–H and O–H groups in total. The van der Waals surface area contributed by atoms with Crippen LogP contribution in [0.15, 0.2) is 48.7 Å². The molecule has 4 nitrogen and oxygen atoms in total. The number of hydrogen-bond acceptors (Lipinski definition) is 3. The molecular formula is C18H18N2O2. The van der Waals surface area contributed by atoms with Gasteiger partial charge in [0.2, 0.25) is 5.91 Å². The van der Waals surface area contributed by atoms with Crippen LogP contribution in [0.25, 0.3) is 0 Å². The molecule has 2 aromatic rings. The van der Waals surface area contributed by atoms with Gasteiger partial charge in [0.25, 0.3) is 0 Å². The van der Waals surface area contributed by atoms with Gasteiger partial charge in [0.05, 0.1) is 17.2 Å². The normalized spacial score (nSPS) is 22.9. The summed E-state index contributed by atoms with van der Waals surface area (Å²) in [4.78, 5) is 19.3. The highest BCUT2D eigenvalue weighted by Crippen LogP contribution is 2.55. The Morgan fingerprint density at radius 3 is 2.55 bits per heavy atom. The number of pyridine rings is 1. The Hall–Kier alpha value is -2.20. The molecule has 0 bridgehead atoms. The van der Waals surface area contributed by atoms with Gasteiger partial charge in [-0.05, 0) is 31.0 Å². The van der Waals surface area contributed by atoms with E-state index in [9.17, 15) is 9.90 Å². The van der Waals surface area contributed by atoms with E-state index in [1.807, 2.05) is 42.5 Å². The molecule has 1 aromatic heterocycles. The Kier molecular flexibility index (Phi) is 3.01. The third kappa shape index (κ3) is 1.74. The van der Waals surface area contributed by atoms with E-state index in [-0.39, 0.29) is 5.91 Å². The van der Waals surface area contributed by atoms with Gasteiger partial charge in [-0.25, -0.2) is 4.98 Å². The number of benzene rings is 1. The number of hydrogen-bond donors (Lipinski definition) is 1. The lowest BCUT2D eigenvalue weighted by Gasteiger charge is -2.43. The van der Waals surface area contributed by atoms with Crippen molar-refractivity contribution < 1.29 is 9.90 Å². The van der Waals surface area contributed by atoms with Crippen LogP contribution in [0, 0.1) is 5.41 Å². The molecule has 1 saturated carbocycles. The largest absolute Gasteiger partial charge is 0.387 e. The number of fused-ring (bicyclic) bond motifs is 1. The Balaban J connectivity index is 1.93. The van der Waals surface area contributed by atoms with E-state index >= 15 is 0 Å². The van der Waals surface area contributed by atoms with E-state index in [0.717, 1.165) is 36.9 Å². The van der Waals surface area contributed by atoms with Gasteiger partial charge in [0.1, 0.15) is 5.82 Å². The number of aromatic nitrogens is 1. The summed E-state index contributed by atoms with van der Waals surface area (Å²) in [5.74, 6) is 0.540. The zero-order valence-corrected chi connectivity index (χ0v) is 12.3. The summed E-state index contributed by atoms with van der Waals surface area (Å²) < 4.78 is 0. The molecule has 0 radical (unpaired) electrons. The highest BCUT2D eigenvalue weighted by molar-refractivity contribution is 6.06. The van der Waals surface area contributed by atoms with Crippen molar-refractivity contribution in [2.24, 2.45) is 5.41 Å². The second kappa shape index (κ2) is 4.92. The number of aliphatic hydroxyl groups is 1. The monoisotopic (exact) mass is 294 g/mol. The lowest BCUT2D eigenvalue weighted by atomic mass is 9.73. The van der Waals surface area contributed by atoms with Gasteiger partial charge in [0, 0.05) is 11.8 Å². The van der Waals surface area contributed by atoms with Crippen LogP contribution in [0.2, 0.25) is 0 Å². The van der Waals surface area contributed by atoms with Crippen molar-refractivity contribution in [2.75, 3.05) is 4.90 Å². The topological polar surface area (TPSA) is 53.4 Å². The van der Waals surface area contributed by atoms with Crippen LogP contribution in [-0.2, 0) is 4.79 Å². The lowest BCUT2D eigenvalue weighted by molar-refractivity contribution is -0.135. The van der Waals surface area contributed by atoms with E-state index in [2.05, 4.69) is 4.98 Å². The van der Waals surface area contributed by atoms with E-state index < -0.39 is 11.5 Å². The third-order valence-corrected chi connectivity index (χ3v) is 4.99. The number of carbonyl (C=O) groups excluding carboxylic acids is 1. The molecule has 4 heteroatoms. The molecule has 1 fully saturated rings. The predicted molar refractivity (Wildman–Crippen MR) is 83.7 cm³/mol. The quantitative estimate of drug-likeness (QED) is 0.877. The lowest BCUT2D eigenvalue weighted by Crippen LogP contribution is -2.48. The molecule has 0 saturated heterocycles. The van der Waals surface area contributed by atoms with Gasteiger partial charge in [-0.2, -0.15) is 0 Å². The number of rotatable bonds is 1. The number of para-hydroxylation sites is 1. The highest BCUT2D eigenvalue weighted by Gasteiger charge is 2.54. The van der Waals surface area contributed by atoms with Gasteiger partial charge >= 0.3 is 0 Å². The fraction of sp³-hybridized carbons (Fsp3) is 0.333. The van der Waals surface area contributed by atoms with Crippen molar-refractivity contribution in [3.8, 4) is 0 Å². The average Bonchev–Trinajstić information content (AvgIpc) is 3.05. The molecule has 1 spiro atoms. The zero-order valence-electron chi connectivity index (χ0n) is 12.3. The highest BCUT2D eigenvalue weighted by atomic mass is 16.3. The standard InChI is InChI=1S/C18H18N2O2/c21-15-14-9-6-12-19-16(14)20(13-7-2-1-3-8-13)17(22)18(15)10-4-5-11-18/h1-3,6-9,12,15,21H,4-5,10-11H2. The minimum absolute atomic E-state index is 0.0186. The van der Waals surface area contributed by atoms with Crippen molar-refractivity contribution in [3.05, 3.63) is 54.2 Å². The summed E-state index contributed by atoms with van der Waals surface area (Å²) in [6.07, 6.45) is 4.37. The molecule has 4 rings (SSSR count). The number of amides is 1. The summed E-state index contributed by atoms with van der Waals surface area (Å²) in [5.41, 5.74) is 0.879. The molecule has 1 amide bonds. The van der Waals surface area contributed by atoms with Gasteiger partial charge in [-0.3, -0.25) is 9.69 Å². The van der Waals surface area contributed by atoms with Crippen LogP contribution in [0.4, 0.5) is 11.5 Å². The summed E-state index contributed by atoms with van der Waals surface area (Å²) in [7, 11) is 0. The van der Waals surface area contributed by atoms with Crippen molar-refractivity contribution >= 4 is 17.4 Å². The molecule has 2 heterocycles. The van der Waals surface area contributed by atoms with Gasteiger partial charge in [-0.15, -0.1) is 0 Å². The van der Waals surface area contributed by atoms with Gasteiger partial charge in [0.15, 0.2) is 0 Å². The van der Waals surface area contributed by atoms with Gasteiger partial charge < -0.3 is 5.11 Å². The smallest absolute Gasteiger partial charge is 0.241 e. The number of anilines is 2. The van der Waals surface area contributed by atoms with E-state index in [0.29, 0.717) is 5.82 Å². The number of nitrogens with zero attached hydrogens (tertiary/aromatic N) is 2. The molecule has 1 unspecified atom stereocenters. The van der Waals surface area contributed by atoms with Crippen LogP contribution >= 0.6 is 0 Å². The van der Waals surface area contributed by atoms with Crippen molar-refractivity contribution in [2.45, 2.75) is 31.8 Å². The molecule has 1 aliphatic carbocycles. The summed E-state index contributed by atoms with van der Waals surface area (Å²) >= 11 is 0. The van der Waals surface area contributed by atoms with Gasteiger partial charge in [-0.1, -0.05) is 37.1 Å². The Labute approximate surface area is 129 Å². The first-order valence-corrected chi connectivity index (χ1v) is 7.77. The van der Waals surface area contributed by atoms with E-state index in [1.54, 1.807) is 11.1 Å². The maximum Gasteiger partial charge on any atom is 0.241 e. The predicted octanol–water partition coefficient (Wildman–Crippen LogP) is 3.35. The summed E-state index contributed by atoms with van der Waals surface area (Å²) in [6.45, 7) is 0. The number of carbonyl (C=O) groups is 1. The first-order chi connectivity index (χ1) is 10.7. The van der Waals surface area contributed by atoms with Crippen molar-refractivity contribution in [1.29, 1.82) is 0 Å². The molecule has 112 valence electrons. The maximum atomic E-state index is 13.2. The van der Waals surface area contributed by atoms with E-state index in [1.165, 1.54) is 0 Å². The molecule has 2 aliphatic rings. The second-order valence-electron chi connectivity index (χ2n) is 6.16. The molecular weight excluding hydrogens is 276 g/mol. The average molecular weight is 294 g/mol. The molecule has 1 aromatic carbocycles. The second-order valence-corrected chi connectivity index (χ2v) is 6.16. The summed E-state index contributed by atoms with van der Waals surface area (Å²) in [5, 5.41) is 10.9. The maximum absolute atomic E-state index is 13.2. The minimum Gasteiger partial charge on any atom is -0.387 e. The Bertz CT molecular complexity index is 708. The van der Waals surface area contributed by atoms with Crippen LogP contribution in [0.1, 0.15) is 37.4 Å². The molecule has 22 heavy (non-hydrogen) atoms. The van der Waals surface area contributed by atoms with Crippen LogP contribution in [-0.4, -0.2) is 16.0 Å². The first kappa shape index (κ1) is 13.5. The van der Waals surface area contributed by atoms with Crippen molar-refractivity contribution in [1.82, 2.24) is 4.98 Å². The zero-order chi connectivity index (χ0) is 15.2. The fourth-order valence-corrected chi connectivity index (χ4v) is 3.85. The van der Waals surface area contributed by atoms with Crippen LogP contribution in [0.3, 0.4) is 0 Å². The van der Waals surface area contributed by atoms with Crippen molar-refractivity contribution in [3.63, 3.8) is 0 Å². The first-order valence-electron chi connectivity index (χ1n) is 7.77. The SMILES string of the molecule is O=C1N(c2ccccc2)c2ncccc2C(O)C12CCCC2. The van der Waals surface area contributed by atoms with Crippen LogP contribution in [0.5, 0.6) is 0 Å². The summed E-state index contributed by atoms with van der Waals surface area (Å²) in [6, 6.07) is 13.3. The Morgan fingerprint density at radius 1 is 1.09 bits per heavy atom.